The summed E-state index contributed by atoms with van der Waals surface area (Å²) in [7, 11) is 0. The molecule has 0 aromatic heterocycles. The van der Waals surface area contributed by atoms with Gasteiger partial charge in [0.15, 0.2) is 0 Å². The van der Waals surface area contributed by atoms with Gasteiger partial charge in [0, 0.05) is 38.9 Å². The number of aromatic hydroxyl groups is 1. The molecule has 2 aromatic carbocycles. The van der Waals surface area contributed by atoms with Gasteiger partial charge >= 0.3 is 5.97 Å². The first-order valence-electron chi connectivity index (χ1n) is 21.2. The fraction of sp³-hybridized carbons (Fsp3) is 0.512. The molecule has 3 heterocycles. The first-order valence-corrected chi connectivity index (χ1v) is 21.2. The lowest BCUT2D eigenvalue weighted by molar-refractivity contribution is -0.146. The van der Waals surface area contributed by atoms with Crippen LogP contribution in [0.2, 0.25) is 0 Å². The number of hydrogen-bond donors (Lipinski definition) is 8. The summed E-state index contributed by atoms with van der Waals surface area (Å²) in [6.45, 7) is 0.437. The number of carbonyl (C=O) groups is 9. The van der Waals surface area contributed by atoms with E-state index in [2.05, 4.69) is 16.0 Å². The molecule has 340 valence electrons. The number of nitrogens with zero attached hydrogens (tertiary/aromatic N) is 3. The Morgan fingerprint density at radius 1 is 0.571 bits per heavy atom. The fourth-order valence-corrected chi connectivity index (χ4v) is 8.44. The summed E-state index contributed by atoms with van der Waals surface area (Å²) in [5.41, 5.74) is 18.5. The highest BCUT2D eigenvalue weighted by Gasteiger charge is 2.43. The summed E-state index contributed by atoms with van der Waals surface area (Å²) in [6.07, 6.45) is 1.02. The van der Waals surface area contributed by atoms with E-state index in [1.165, 1.54) is 26.8 Å². The molecule has 3 fully saturated rings. The monoisotopic (exact) mass is 875 g/mol. The smallest absolute Gasteiger partial charge is 0.326 e. The Hall–Kier alpha value is -6.57. The van der Waals surface area contributed by atoms with E-state index in [1.807, 2.05) is 0 Å². The fourth-order valence-electron chi connectivity index (χ4n) is 8.44. The molecule has 63 heavy (non-hydrogen) atoms. The van der Waals surface area contributed by atoms with Crippen LogP contribution in [0.3, 0.4) is 0 Å². The Bertz CT molecular complexity index is 2020. The second kappa shape index (κ2) is 22.0. The van der Waals surface area contributed by atoms with Crippen LogP contribution in [0.15, 0.2) is 54.6 Å². The lowest BCUT2D eigenvalue weighted by Crippen LogP contribution is -2.59. The molecule has 11 N–H and O–H groups in total. The van der Waals surface area contributed by atoms with Crippen LogP contribution < -0.4 is 33.2 Å². The van der Waals surface area contributed by atoms with Gasteiger partial charge < -0.3 is 58.1 Å². The quantitative estimate of drug-likeness (QED) is 0.0758. The molecule has 2 aromatic rings. The van der Waals surface area contributed by atoms with Crippen molar-refractivity contribution in [2.75, 3.05) is 19.6 Å². The van der Waals surface area contributed by atoms with Crippen LogP contribution in [-0.4, -0.2) is 140 Å². The Labute approximate surface area is 364 Å². The van der Waals surface area contributed by atoms with Gasteiger partial charge in [-0.25, -0.2) is 4.79 Å². The normalized spacial score (nSPS) is 20.3. The minimum absolute atomic E-state index is 0.0000255. The van der Waals surface area contributed by atoms with Crippen molar-refractivity contribution in [3.8, 4) is 5.75 Å². The number of benzene rings is 2. The zero-order valence-electron chi connectivity index (χ0n) is 35.0. The Morgan fingerprint density at radius 3 is 1.38 bits per heavy atom. The van der Waals surface area contributed by atoms with E-state index >= 15 is 0 Å². The van der Waals surface area contributed by atoms with Gasteiger partial charge in [-0.1, -0.05) is 42.5 Å². The maximum atomic E-state index is 14.2. The lowest BCUT2D eigenvalue weighted by Gasteiger charge is -2.32. The predicted molar refractivity (Wildman–Crippen MR) is 224 cm³/mol. The van der Waals surface area contributed by atoms with Crippen LogP contribution in [0, 0.1) is 0 Å². The van der Waals surface area contributed by atoms with Crippen molar-refractivity contribution in [2.24, 2.45) is 17.2 Å². The SMILES string of the molecule is NC(=O)CC[C@H](NC(=O)[C@@H]1CCCN1C(=O)[C@H](CCC(N)=O)NC(=O)[C@@H]1CCCN1C(=O)[C@@H](N)Cc1ccc(O)cc1)C(=O)N1CCC[C@H]1C(=O)N[C@@H](Cc1ccccc1)C(=O)O. The average molecular weight is 876 g/mol. The van der Waals surface area contributed by atoms with Crippen molar-refractivity contribution in [3.05, 3.63) is 65.7 Å². The third-order valence-electron chi connectivity index (χ3n) is 11.7. The van der Waals surface area contributed by atoms with Gasteiger partial charge in [0.2, 0.25) is 47.3 Å². The number of nitrogens with one attached hydrogen (secondary N) is 3. The molecule has 3 aliphatic rings. The molecule has 3 aliphatic heterocycles. The van der Waals surface area contributed by atoms with Gasteiger partial charge in [0.25, 0.3) is 0 Å². The maximum absolute atomic E-state index is 14.2. The van der Waals surface area contributed by atoms with Crippen molar-refractivity contribution in [2.45, 2.75) is 119 Å². The summed E-state index contributed by atoms with van der Waals surface area (Å²) in [4.78, 5) is 123. The minimum atomic E-state index is -1.35. The zero-order chi connectivity index (χ0) is 45.8. The van der Waals surface area contributed by atoms with E-state index in [0.29, 0.717) is 30.4 Å². The van der Waals surface area contributed by atoms with Crippen LogP contribution in [0.4, 0.5) is 0 Å². The second-order valence-corrected chi connectivity index (χ2v) is 16.3. The number of likely N-dealkylation sites (tertiary alicyclic amines) is 3. The lowest BCUT2D eigenvalue weighted by atomic mass is 10.0. The molecule has 5 rings (SSSR count). The van der Waals surface area contributed by atoms with Crippen LogP contribution in [0.5, 0.6) is 5.75 Å². The van der Waals surface area contributed by atoms with Gasteiger partial charge in [-0.05, 0) is 81.0 Å². The number of phenolic OH excluding ortho intramolecular Hbond substituents is 1. The number of phenols is 1. The zero-order valence-corrected chi connectivity index (χ0v) is 35.0. The number of nitrogens with two attached hydrogens (primary N) is 3. The standard InChI is InChI=1S/C43H57N9O11/c44-28(23-26-12-14-27(53)15-13-26)40(59)50-20-4-9-32(50)37(56)47-29(16-18-35(45)54)41(60)51-21-5-10-33(51)38(57)48-30(17-19-36(46)55)42(61)52-22-6-11-34(52)39(58)49-31(43(62)63)24-25-7-2-1-3-8-25/h1-3,7-8,12-15,28-34,53H,4-6,9-11,16-24,44H2,(H2,45,54)(H2,46,55)(H,47,56)(H,48,57)(H,49,58)(H,62,63)/t28-,29-,30-,31-,32-,33-,34-/m0/s1. The molecule has 7 atom stereocenters. The average Bonchev–Trinajstić information content (AvgIpc) is 4.06. The molecule has 3 saturated heterocycles. The van der Waals surface area contributed by atoms with Crippen LogP contribution in [0.1, 0.15) is 75.3 Å². The van der Waals surface area contributed by atoms with Crippen molar-refractivity contribution in [3.63, 3.8) is 0 Å². The Balaban J connectivity index is 1.26. The van der Waals surface area contributed by atoms with E-state index in [4.69, 9.17) is 17.2 Å². The van der Waals surface area contributed by atoms with Gasteiger partial charge in [-0.3, -0.25) is 38.4 Å². The molecule has 20 heteroatoms. The number of hydrogen-bond acceptors (Lipinski definition) is 11. The van der Waals surface area contributed by atoms with E-state index in [1.54, 1.807) is 42.5 Å². The summed E-state index contributed by atoms with van der Waals surface area (Å²) < 4.78 is 0. The van der Waals surface area contributed by atoms with E-state index in [9.17, 15) is 53.4 Å². The van der Waals surface area contributed by atoms with Crippen molar-refractivity contribution >= 4 is 53.2 Å². The third-order valence-corrected chi connectivity index (χ3v) is 11.7. The maximum Gasteiger partial charge on any atom is 0.326 e. The van der Waals surface area contributed by atoms with Crippen molar-refractivity contribution in [1.29, 1.82) is 0 Å². The molecular formula is C43H57N9O11. The second-order valence-electron chi connectivity index (χ2n) is 16.3. The minimum Gasteiger partial charge on any atom is -0.508 e. The highest BCUT2D eigenvalue weighted by molar-refractivity contribution is 5.98. The van der Waals surface area contributed by atoms with Crippen LogP contribution in [-0.2, 0) is 56.0 Å². The van der Waals surface area contributed by atoms with E-state index in [0.717, 1.165) is 0 Å². The molecule has 0 saturated carbocycles. The van der Waals surface area contributed by atoms with Crippen LogP contribution >= 0.6 is 0 Å². The Morgan fingerprint density at radius 2 is 0.968 bits per heavy atom. The van der Waals surface area contributed by atoms with Gasteiger partial charge in [0.1, 0.15) is 42.0 Å². The van der Waals surface area contributed by atoms with Gasteiger partial charge in [-0.2, -0.15) is 0 Å². The number of carboxylic acid groups (broad SMARTS) is 1. The number of carboxylic acids is 1. The molecule has 0 radical (unpaired) electrons. The largest absolute Gasteiger partial charge is 0.508 e. The van der Waals surface area contributed by atoms with Crippen molar-refractivity contribution in [1.82, 2.24) is 30.7 Å². The number of primary amides is 2. The molecule has 0 bridgehead atoms. The van der Waals surface area contributed by atoms with Crippen molar-refractivity contribution < 1.29 is 53.4 Å². The van der Waals surface area contributed by atoms with Gasteiger partial charge in [0.05, 0.1) is 6.04 Å². The highest BCUT2D eigenvalue weighted by atomic mass is 16.4. The third kappa shape index (κ3) is 12.7. The summed E-state index contributed by atoms with van der Waals surface area (Å²) >= 11 is 0. The van der Waals surface area contributed by atoms with Crippen LogP contribution in [0.25, 0.3) is 0 Å². The summed E-state index contributed by atoms with van der Waals surface area (Å²) in [6, 6.07) is 6.78. The molecule has 20 nitrogen and oxygen atoms in total. The highest BCUT2D eigenvalue weighted by Crippen LogP contribution is 2.25. The number of carbonyl (C=O) groups excluding carboxylic acids is 8. The van der Waals surface area contributed by atoms with E-state index in [-0.39, 0.29) is 83.2 Å². The molecular weight excluding hydrogens is 819 g/mol. The van der Waals surface area contributed by atoms with E-state index < -0.39 is 95.5 Å². The first kappa shape index (κ1) is 47.5. The topological polar surface area (TPSA) is 318 Å². The first-order chi connectivity index (χ1) is 30.0. The number of aliphatic carboxylic acids is 1. The molecule has 0 unspecified atom stereocenters. The van der Waals surface area contributed by atoms with Gasteiger partial charge in [-0.15, -0.1) is 0 Å². The number of rotatable bonds is 20. The molecule has 8 amide bonds. The summed E-state index contributed by atoms with van der Waals surface area (Å²) in [5, 5.41) is 27.4. The predicted octanol–water partition coefficient (Wildman–Crippen LogP) is -1.45. The number of amides is 8. The summed E-state index contributed by atoms with van der Waals surface area (Å²) in [5.74, 6) is -6.66. The molecule has 0 aliphatic carbocycles. The molecule has 0 spiro atoms. The Kier molecular flexibility index (Phi) is 16.6.